The standard InChI is InChI=1S/C11H17NO4/c1-2-3-5-8(11(14)15)12-10(13)9-6-4-7-16-9/h2,8-9H,1,3-7H2,(H,12,13)(H,14,15)/t8-,9+/m0/s1. The molecular weight excluding hydrogens is 210 g/mol. The number of rotatable bonds is 6. The Morgan fingerprint density at radius 1 is 1.62 bits per heavy atom. The van der Waals surface area contributed by atoms with Crippen LogP contribution in [-0.4, -0.2) is 35.7 Å². The molecule has 2 N–H and O–H groups in total. The van der Waals surface area contributed by atoms with Crippen molar-refractivity contribution < 1.29 is 19.4 Å². The van der Waals surface area contributed by atoms with Gasteiger partial charge in [0, 0.05) is 6.61 Å². The summed E-state index contributed by atoms with van der Waals surface area (Å²) in [7, 11) is 0. The molecule has 0 spiro atoms. The molecule has 1 fully saturated rings. The van der Waals surface area contributed by atoms with Crippen LogP contribution in [0.25, 0.3) is 0 Å². The third kappa shape index (κ3) is 3.66. The van der Waals surface area contributed by atoms with Crippen molar-refractivity contribution in [3.8, 4) is 0 Å². The number of hydrogen-bond acceptors (Lipinski definition) is 3. The summed E-state index contributed by atoms with van der Waals surface area (Å²) in [6.45, 7) is 4.09. The summed E-state index contributed by atoms with van der Waals surface area (Å²) in [4.78, 5) is 22.5. The van der Waals surface area contributed by atoms with Crippen LogP contribution in [0, 0.1) is 0 Å². The van der Waals surface area contributed by atoms with Gasteiger partial charge in [0.2, 0.25) is 5.91 Å². The summed E-state index contributed by atoms with van der Waals surface area (Å²) in [6.07, 6.45) is 3.58. The Morgan fingerprint density at radius 2 is 2.38 bits per heavy atom. The van der Waals surface area contributed by atoms with Crippen molar-refractivity contribution >= 4 is 11.9 Å². The third-order valence-corrected chi connectivity index (χ3v) is 2.50. The zero-order valence-electron chi connectivity index (χ0n) is 9.15. The Labute approximate surface area is 94.5 Å². The first kappa shape index (κ1) is 12.7. The second kappa shape index (κ2) is 6.27. The molecule has 0 aliphatic carbocycles. The fourth-order valence-electron chi connectivity index (χ4n) is 1.59. The Morgan fingerprint density at radius 3 is 2.88 bits per heavy atom. The van der Waals surface area contributed by atoms with Gasteiger partial charge in [-0.2, -0.15) is 0 Å². The lowest BCUT2D eigenvalue weighted by atomic mass is 10.1. The maximum atomic E-state index is 11.6. The van der Waals surface area contributed by atoms with Crippen LogP contribution in [0.3, 0.4) is 0 Å². The predicted octanol–water partition coefficient (Wildman–Crippen LogP) is 0.701. The second-order valence-corrected chi connectivity index (χ2v) is 3.77. The van der Waals surface area contributed by atoms with E-state index in [1.54, 1.807) is 6.08 Å². The molecule has 1 rings (SSSR count). The number of amides is 1. The molecule has 0 saturated carbocycles. The first-order chi connectivity index (χ1) is 7.65. The molecule has 1 aliphatic rings. The number of ether oxygens (including phenoxy) is 1. The number of nitrogens with one attached hydrogen (secondary N) is 1. The highest BCUT2D eigenvalue weighted by atomic mass is 16.5. The number of hydrogen-bond donors (Lipinski definition) is 2. The van der Waals surface area contributed by atoms with Gasteiger partial charge in [-0.05, 0) is 25.7 Å². The van der Waals surface area contributed by atoms with Crippen LogP contribution < -0.4 is 5.32 Å². The van der Waals surface area contributed by atoms with Crippen molar-refractivity contribution in [2.75, 3.05) is 6.61 Å². The average molecular weight is 227 g/mol. The maximum absolute atomic E-state index is 11.6. The molecule has 90 valence electrons. The van der Waals surface area contributed by atoms with Crippen molar-refractivity contribution in [2.24, 2.45) is 0 Å². The summed E-state index contributed by atoms with van der Waals surface area (Å²) >= 11 is 0. The van der Waals surface area contributed by atoms with Gasteiger partial charge in [-0.1, -0.05) is 6.08 Å². The highest BCUT2D eigenvalue weighted by molar-refractivity contribution is 5.86. The van der Waals surface area contributed by atoms with Crippen molar-refractivity contribution in [1.29, 1.82) is 0 Å². The predicted molar refractivity (Wildman–Crippen MR) is 58.0 cm³/mol. The quantitative estimate of drug-likeness (QED) is 0.655. The molecule has 16 heavy (non-hydrogen) atoms. The first-order valence-electron chi connectivity index (χ1n) is 5.41. The fourth-order valence-corrected chi connectivity index (χ4v) is 1.59. The molecule has 0 aromatic carbocycles. The molecule has 0 radical (unpaired) electrons. The van der Waals surface area contributed by atoms with E-state index in [1.807, 2.05) is 0 Å². The summed E-state index contributed by atoms with van der Waals surface area (Å²) < 4.78 is 5.17. The first-order valence-corrected chi connectivity index (χ1v) is 5.41. The molecule has 0 aromatic heterocycles. The van der Waals surface area contributed by atoms with Crippen LogP contribution in [-0.2, 0) is 14.3 Å². The number of allylic oxidation sites excluding steroid dienone is 1. The zero-order chi connectivity index (χ0) is 12.0. The van der Waals surface area contributed by atoms with Gasteiger partial charge < -0.3 is 15.2 Å². The molecule has 2 atom stereocenters. The smallest absolute Gasteiger partial charge is 0.326 e. The average Bonchev–Trinajstić information content (AvgIpc) is 2.76. The van der Waals surface area contributed by atoms with Gasteiger partial charge in [0.15, 0.2) is 0 Å². The highest BCUT2D eigenvalue weighted by Gasteiger charge is 2.27. The molecule has 5 nitrogen and oxygen atoms in total. The summed E-state index contributed by atoms with van der Waals surface area (Å²) in [6, 6.07) is -0.852. The van der Waals surface area contributed by atoms with E-state index in [4.69, 9.17) is 9.84 Å². The van der Waals surface area contributed by atoms with Crippen LogP contribution in [0.1, 0.15) is 25.7 Å². The van der Waals surface area contributed by atoms with E-state index in [2.05, 4.69) is 11.9 Å². The molecule has 1 saturated heterocycles. The van der Waals surface area contributed by atoms with Crippen molar-refractivity contribution in [2.45, 2.75) is 37.8 Å². The highest BCUT2D eigenvalue weighted by Crippen LogP contribution is 2.12. The number of carbonyl (C=O) groups is 2. The lowest BCUT2D eigenvalue weighted by Gasteiger charge is -2.16. The van der Waals surface area contributed by atoms with Crippen LogP contribution in [0.15, 0.2) is 12.7 Å². The minimum absolute atomic E-state index is 0.325. The SMILES string of the molecule is C=CCC[C@H](NC(=O)[C@H]1CCCO1)C(=O)O. The largest absolute Gasteiger partial charge is 0.480 e. The van der Waals surface area contributed by atoms with Crippen molar-refractivity contribution in [3.05, 3.63) is 12.7 Å². The summed E-state index contributed by atoms with van der Waals surface area (Å²) in [5.41, 5.74) is 0. The van der Waals surface area contributed by atoms with Crippen LogP contribution in [0.2, 0.25) is 0 Å². The van der Waals surface area contributed by atoms with Gasteiger partial charge in [-0.3, -0.25) is 4.79 Å². The molecule has 0 bridgehead atoms. The molecule has 5 heteroatoms. The minimum atomic E-state index is -1.02. The van der Waals surface area contributed by atoms with Crippen molar-refractivity contribution in [1.82, 2.24) is 5.32 Å². The Hall–Kier alpha value is -1.36. The lowest BCUT2D eigenvalue weighted by Crippen LogP contribution is -2.45. The Bertz CT molecular complexity index is 271. The second-order valence-electron chi connectivity index (χ2n) is 3.77. The third-order valence-electron chi connectivity index (χ3n) is 2.50. The van der Waals surface area contributed by atoms with Gasteiger partial charge in [0.25, 0.3) is 0 Å². The number of carboxylic acid groups (broad SMARTS) is 1. The number of aliphatic carboxylic acids is 1. The van der Waals surface area contributed by atoms with Crippen LogP contribution >= 0.6 is 0 Å². The Kier molecular flexibility index (Phi) is 4.98. The molecule has 1 aliphatic heterocycles. The molecule has 0 unspecified atom stereocenters. The maximum Gasteiger partial charge on any atom is 0.326 e. The summed E-state index contributed by atoms with van der Waals surface area (Å²) in [5.74, 6) is -1.35. The molecule has 1 amide bonds. The summed E-state index contributed by atoms with van der Waals surface area (Å²) in [5, 5.41) is 11.4. The zero-order valence-corrected chi connectivity index (χ0v) is 9.15. The van der Waals surface area contributed by atoms with E-state index in [0.717, 1.165) is 6.42 Å². The van der Waals surface area contributed by atoms with Gasteiger partial charge in [-0.15, -0.1) is 6.58 Å². The molecule has 0 aromatic rings. The monoisotopic (exact) mass is 227 g/mol. The van der Waals surface area contributed by atoms with E-state index in [0.29, 0.717) is 25.9 Å². The van der Waals surface area contributed by atoms with E-state index < -0.39 is 18.1 Å². The Balaban J connectivity index is 2.43. The topological polar surface area (TPSA) is 75.6 Å². The number of carbonyl (C=O) groups excluding carboxylic acids is 1. The fraction of sp³-hybridized carbons (Fsp3) is 0.636. The van der Waals surface area contributed by atoms with Gasteiger partial charge in [-0.25, -0.2) is 4.79 Å². The molecular formula is C11H17NO4. The van der Waals surface area contributed by atoms with E-state index in [1.165, 1.54) is 0 Å². The van der Waals surface area contributed by atoms with E-state index in [-0.39, 0.29) is 5.91 Å². The van der Waals surface area contributed by atoms with E-state index in [9.17, 15) is 9.59 Å². The van der Waals surface area contributed by atoms with Gasteiger partial charge in [0.05, 0.1) is 0 Å². The normalized spacial score (nSPS) is 21.4. The van der Waals surface area contributed by atoms with E-state index >= 15 is 0 Å². The van der Waals surface area contributed by atoms with Crippen molar-refractivity contribution in [3.63, 3.8) is 0 Å². The molecule has 1 heterocycles. The van der Waals surface area contributed by atoms with Crippen LogP contribution in [0.4, 0.5) is 0 Å². The van der Waals surface area contributed by atoms with Gasteiger partial charge >= 0.3 is 5.97 Å². The number of carboxylic acids is 1. The van der Waals surface area contributed by atoms with Gasteiger partial charge in [0.1, 0.15) is 12.1 Å². The lowest BCUT2D eigenvalue weighted by molar-refractivity contribution is -0.143. The minimum Gasteiger partial charge on any atom is -0.480 e. The van der Waals surface area contributed by atoms with Crippen LogP contribution in [0.5, 0.6) is 0 Å².